The quantitative estimate of drug-likeness (QED) is 0.703. The lowest BCUT2D eigenvalue weighted by molar-refractivity contribution is 0.151. The second kappa shape index (κ2) is 8.10. The minimum absolute atomic E-state index is 0.134. The van der Waals surface area contributed by atoms with E-state index in [0.29, 0.717) is 0 Å². The van der Waals surface area contributed by atoms with E-state index >= 15 is 0 Å². The van der Waals surface area contributed by atoms with E-state index in [4.69, 9.17) is 0 Å². The first-order valence-electron chi connectivity index (χ1n) is 7.51. The summed E-state index contributed by atoms with van der Waals surface area (Å²) in [5, 5.41) is 9.33. The highest BCUT2D eigenvalue weighted by molar-refractivity contribution is 4.77. The molecule has 0 aromatic carbocycles. The number of hydrogen-bond donors (Lipinski definition) is 1. The molecule has 0 amide bonds. The molecule has 1 saturated carbocycles. The highest BCUT2D eigenvalue weighted by atomic mass is 16.3. The smallest absolute Gasteiger partial charge is 0.0512 e. The summed E-state index contributed by atoms with van der Waals surface area (Å²) in [5.41, 5.74) is 0. The Kier molecular flexibility index (Phi) is 7.14. The van der Waals surface area contributed by atoms with Gasteiger partial charge in [-0.1, -0.05) is 26.7 Å². The molecule has 17 heavy (non-hydrogen) atoms. The van der Waals surface area contributed by atoms with Crippen molar-refractivity contribution in [2.24, 2.45) is 5.92 Å². The lowest BCUT2D eigenvalue weighted by Crippen LogP contribution is -2.35. The van der Waals surface area contributed by atoms with Gasteiger partial charge in [-0.15, -0.1) is 0 Å². The molecule has 0 aliphatic heterocycles. The van der Waals surface area contributed by atoms with Crippen LogP contribution in [0.4, 0.5) is 0 Å². The van der Waals surface area contributed by atoms with Gasteiger partial charge in [0, 0.05) is 6.04 Å². The van der Waals surface area contributed by atoms with E-state index in [9.17, 15) is 5.11 Å². The van der Waals surface area contributed by atoms with Gasteiger partial charge in [-0.25, -0.2) is 0 Å². The van der Waals surface area contributed by atoms with Gasteiger partial charge in [0.05, 0.1) is 6.10 Å². The van der Waals surface area contributed by atoms with Gasteiger partial charge in [0.25, 0.3) is 0 Å². The van der Waals surface area contributed by atoms with E-state index in [1.54, 1.807) is 0 Å². The van der Waals surface area contributed by atoms with Crippen molar-refractivity contribution in [3.05, 3.63) is 0 Å². The maximum atomic E-state index is 9.33. The molecule has 0 heterocycles. The molecule has 1 atom stereocenters. The average Bonchev–Trinajstić information content (AvgIpc) is 2.75. The van der Waals surface area contributed by atoms with E-state index in [1.165, 1.54) is 45.2 Å². The highest BCUT2D eigenvalue weighted by Crippen LogP contribution is 2.24. The number of nitrogens with zero attached hydrogens (tertiary/aromatic N) is 1. The summed E-state index contributed by atoms with van der Waals surface area (Å²) in [7, 11) is 0. The van der Waals surface area contributed by atoms with Gasteiger partial charge < -0.3 is 10.0 Å². The minimum Gasteiger partial charge on any atom is -0.393 e. The standard InChI is InChI=1S/C15H31NO/c1-13(2)10-12-16(11-6-7-14(3)17)15-8-4-5-9-15/h13-15,17H,4-12H2,1-3H3. The van der Waals surface area contributed by atoms with E-state index < -0.39 is 0 Å². The summed E-state index contributed by atoms with van der Waals surface area (Å²) in [6.07, 6.45) is 8.89. The summed E-state index contributed by atoms with van der Waals surface area (Å²) in [6.45, 7) is 8.95. The monoisotopic (exact) mass is 241 g/mol. The topological polar surface area (TPSA) is 23.5 Å². The summed E-state index contributed by atoms with van der Waals surface area (Å²) in [4.78, 5) is 2.69. The molecular formula is C15H31NO. The number of hydrogen-bond acceptors (Lipinski definition) is 2. The maximum Gasteiger partial charge on any atom is 0.0512 e. The zero-order chi connectivity index (χ0) is 12.7. The van der Waals surface area contributed by atoms with Crippen LogP contribution >= 0.6 is 0 Å². The second-order valence-electron chi connectivity index (χ2n) is 6.15. The van der Waals surface area contributed by atoms with Crippen LogP contribution in [0.2, 0.25) is 0 Å². The van der Waals surface area contributed by atoms with Gasteiger partial charge in [0.15, 0.2) is 0 Å². The normalized spacial score (nSPS) is 19.4. The van der Waals surface area contributed by atoms with Crippen LogP contribution in [-0.4, -0.2) is 35.2 Å². The van der Waals surface area contributed by atoms with Crippen LogP contribution in [-0.2, 0) is 0 Å². The van der Waals surface area contributed by atoms with Crippen LogP contribution < -0.4 is 0 Å². The first-order valence-corrected chi connectivity index (χ1v) is 7.51. The number of aliphatic hydroxyl groups is 1. The maximum absolute atomic E-state index is 9.33. The fourth-order valence-electron chi connectivity index (χ4n) is 2.76. The Morgan fingerprint density at radius 3 is 2.24 bits per heavy atom. The Labute approximate surface area is 107 Å². The first-order chi connectivity index (χ1) is 8.09. The zero-order valence-corrected chi connectivity index (χ0v) is 12.0. The fourth-order valence-corrected chi connectivity index (χ4v) is 2.76. The lowest BCUT2D eigenvalue weighted by atomic mass is 10.1. The molecule has 1 N–H and O–H groups in total. The second-order valence-corrected chi connectivity index (χ2v) is 6.15. The highest BCUT2D eigenvalue weighted by Gasteiger charge is 2.22. The van der Waals surface area contributed by atoms with Crippen LogP contribution in [0.15, 0.2) is 0 Å². The van der Waals surface area contributed by atoms with E-state index in [-0.39, 0.29) is 6.10 Å². The van der Waals surface area contributed by atoms with Crippen molar-refractivity contribution in [3.8, 4) is 0 Å². The summed E-state index contributed by atoms with van der Waals surface area (Å²) in [5.74, 6) is 0.802. The molecule has 0 radical (unpaired) electrons. The molecule has 2 nitrogen and oxygen atoms in total. The van der Waals surface area contributed by atoms with Gasteiger partial charge >= 0.3 is 0 Å². The molecule has 0 aromatic heterocycles. The predicted molar refractivity (Wildman–Crippen MR) is 74.2 cm³/mol. The minimum atomic E-state index is -0.134. The molecular weight excluding hydrogens is 210 g/mol. The van der Waals surface area contributed by atoms with Gasteiger partial charge in [0.1, 0.15) is 0 Å². The fraction of sp³-hybridized carbons (Fsp3) is 1.00. The lowest BCUT2D eigenvalue weighted by Gasteiger charge is -2.29. The molecule has 102 valence electrons. The molecule has 0 bridgehead atoms. The molecule has 1 aliphatic rings. The molecule has 1 aliphatic carbocycles. The van der Waals surface area contributed by atoms with Crippen LogP contribution in [0.3, 0.4) is 0 Å². The predicted octanol–water partition coefficient (Wildman–Crippen LogP) is 3.44. The molecule has 1 fully saturated rings. The molecule has 0 spiro atoms. The molecule has 0 aromatic rings. The molecule has 1 unspecified atom stereocenters. The van der Waals surface area contributed by atoms with Crippen molar-refractivity contribution >= 4 is 0 Å². The van der Waals surface area contributed by atoms with Crippen molar-refractivity contribution in [1.29, 1.82) is 0 Å². The Morgan fingerprint density at radius 2 is 1.71 bits per heavy atom. The Balaban J connectivity index is 2.29. The van der Waals surface area contributed by atoms with Crippen molar-refractivity contribution in [2.45, 2.75) is 77.9 Å². The van der Waals surface area contributed by atoms with Crippen molar-refractivity contribution in [3.63, 3.8) is 0 Å². The van der Waals surface area contributed by atoms with Gasteiger partial charge in [-0.3, -0.25) is 0 Å². The van der Waals surface area contributed by atoms with Crippen molar-refractivity contribution < 1.29 is 5.11 Å². The SMILES string of the molecule is CC(C)CCN(CCCC(C)O)C1CCCC1. The van der Waals surface area contributed by atoms with Crippen molar-refractivity contribution in [1.82, 2.24) is 4.90 Å². The third-order valence-corrected chi connectivity index (χ3v) is 3.90. The van der Waals surface area contributed by atoms with E-state index in [0.717, 1.165) is 24.8 Å². The van der Waals surface area contributed by atoms with Gasteiger partial charge in [-0.2, -0.15) is 0 Å². The zero-order valence-electron chi connectivity index (χ0n) is 12.0. The van der Waals surface area contributed by atoms with Crippen LogP contribution in [0.1, 0.15) is 65.7 Å². The Morgan fingerprint density at radius 1 is 1.06 bits per heavy atom. The van der Waals surface area contributed by atoms with Gasteiger partial charge in [-0.05, 0) is 58.0 Å². The Bertz CT molecular complexity index is 185. The van der Waals surface area contributed by atoms with Gasteiger partial charge in [0.2, 0.25) is 0 Å². The number of rotatable bonds is 8. The van der Waals surface area contributed by atoms with E-state index in [2.05, 4.69) is 18.7 Å². The Hall–Kier alpha value is -0.0800. The molecule has 1 rings (SSSR count). The molecule has 0 saturated heterocycles. The first kappa shape index (κ1) is 15.0. The van der Waals surface area contributed by atoms with Crippen LogP contribution in [0, 0.1) is 5.92 Å². The molecule has 2 heteroatoms. The number of aliphatic hydroxyl groups excluding tert-OH is 1. The van der Waals surface area contributed by atoms with Crippen molar-refractivity contribution in [2.75, 3.05) is 13.1 Å². The summed E-state index contributed by atoms with van der Waals surface area (Å²) < 4.78 is 0. The van der Waals surface area contributed by atoms with E-state index in [1.807, 2.05) is 6.92 Å². The summed E-state index contributed by atoms with van der Waals surface area (Å²) in [6, 6.07) is 0.836. The van der Waals surface area contributed by atoms with Crippen LogP contribution in [0.5, 0.6) is 0 Å². The van der Waals surface area contributed by atoms with Crippen LogP contribution in [0.25, 0.3) is 0 Å². The third-order valence-electron chi connectivity index (χ3n) is 3.90. The summed E-state index contributed by atoms with van der Waals surface area (Å²) >= 11 is 0. The largest absolute Gasteiger partial charge is 0.393 e. The average molecular weight is 241 g/mol. The third kappa shape index (κ3) is 6.42.